The predicted octanol–water partition coefficient (Wildman–Crippen LogP) is 1.46. The summed E-state index contributed by atoms with van der Waals surface area (Å²) in [6, 6.07) is 1.17. The highest BCUT2D eigenvalue weighted by molar-refractivity contribution is 5.34. The third kappa shape index (κ3) is 2.15. The average molecular weight is 185 g/mol. The van der Waals surface area contributed by atoms with Gasteiger partial charge in [-0.1, -0.05) is 0 Å². The molecule has 0 radical (unpaired) electrons. The summed E-state index contributed by atoms with van der Waals surface area (Å²) in [7, 11) is 1.45. The van der Waals surface area contributed by atoms with Crippen molar-refractivity contribution in [3.63, 3.8) is 0 Å². The van der Waals surface area contributed by atoms with Crippen molar-refractivity contribution in [1.82, 2.24) is 4.98 Å². The van der Waals surface area contributed by atoms with E-state index in [1.807, 2.05) is 0 Å². The van der Waals surface area contributed by atoms with Crippen molar-refractivity contribution in [2.24, 2.45) is 0 Å². The van der Waals surface area contributed by atoms with Crippen molar-refractivity contribution < 1.29 is 14.2 Å². The summed E-state index contributed by atoms with van der Waals surface area (Å²) in [5, 5.41) is 9.65. The van der Waals surface area contributed by atoms with Crippen LogP contribution in [0.1, 0.15) is 19.4 Å². The largest absolute Gasteiger partial charge is 0.495 e. The quantitative estimate of drug-likeness (QED) is 0.709. The molecule has 0 unspecified atom stereocenters. The molecule has 0 aliphatic carbocycles. The molecule has 1 N–H and O–H groups in total. The van der Waals surface area contributed by atoms with Crippen LogP contribution < -0.4 is 4.74 Å². The second-order valence-corrected chi connectivity index (χ2v) is 3.27. The first-order valence-electron chi connectivity index (χ1n) is 3.87. The highest BCUT2D eigenvalue weighted by Crippen LogP contribution is 2.28. The van der Waals surface area contributed by atoms with Gasteiger partial charge in [0.15, 0.2) is 0 Å². The molecule has 4 heteroatoms. The predicted molar refractivity (Wildman–Crippen MR) is 46.0 cm³/mol. The Morgan fingerprint density at radius 3 is 2.62 bits per heavy atom. The molecule has 0 saturated heterocycles. The molecule has 0 amide bonds. The summed E-state index contributed by atoms with van der Waals surface area (Å²) in [4.78, 5) is 3.42. The molecule has 3 nitrogen and oxygen atoms in total. The number of methoxy groups -OCH3 is 1. The van der Waals surface area contributed by atoms with Crippen molar-refractivity contribution >= 4 is 0 Å². The van der Waals surface area contributed by atoms with Crippen molar-refractivity contribution in [2.45, 2.75) is 19.4 Å². The van der Waals surface area contributed by atoms with Gasteiger partial charge in [-0.05, 0) is 13.8 Å². The zero-order chi connectivity index (χ0) is 10.1. The summed E-state index contributed by atoms with van der Waals surface area (Å²) in [6.45, 7) is 3.12. The Kier molecular flexibility index (Phi) is 2.52. The number of aromatic nitrogens is 1. The number of aliphatic hydroxyl groups is 1. The lowest BCUT2D eigenvalue weighted by molar-refractivity contribution is 0.0750. The van der Waals surface area contributed by atoms with E-state index in [2.05, 4.69) is 4.98 Å². The van der Waals surface area contributed by atoms with Crippen molar-refractivity contribution in [2.75, 3.05) is 7.11 Å². The molecule has 0 spiro atoms. The van der Waals surface area contributed by atoms with Crippen LogP contribution in [0, 0.1) is 5.95 Å². The van der Waals surface area contributed by atoms with Gasteiger partial charge < -0.3 is 9.84 Å². The lowest BCUT2D eigenvalue weighted by Crippen LogP contribution is -2.17. The van der Waals surface area contributed by atoms with Gasteiger partial charge in [0.05, 0.1) is 18.9 Å². The van der Waals surface area contributed by atoms with E-state index in [-0.39, 0.29) is 0 Å². The minimum atomic E-state index is -1.13. The molecule has 0 aromatic carbocycles. The Balaban J connectivity index is 3.24. The topological polar surface area (TPSA) is 42.4 Å². The summed E-state index contributed by atoms with van der Waals surface area (Å²) in [6.07, 6.45) is 1.25. The van der Waals surface area contributed by atoms with Crippen LogP contribution >= 0.6 is 0 Å². The zero-order valence-electron chi connectivity index (χ0n) is 7.84. The van der Waals surface area contributed by atoms with Gasteiger partial charge in [-0.15, -0.1) is 0 Å². The Morgan fingerprint density at radius 2 is 2.15 bits per heavy atom. The van der Waals surface area contributed by atoms with Crippen LogP contribution in [0.25, 0.3) is 0 Å². The van der Waals surface area contributed by atoms with E-state index in [9.17, 15) is 9.50 Å². The van der Waals surface area contributed by atoms with Crippen molar-refractivity contribution in [1.29, 1.82) is 0 Å². The van der Waals surface area contributed by atoms with Gasteiger partial charge in [-0.2, -0.15) is 4.39 Å². The number of pyridine rings is 1. The van der Waals surface area contributed by atoms with Gasteiger partial charge >= 0.3 is 0 Å². The molecular weight excluding hydrogens is 173 g/mol. The van der Waals surface area contributed by atoms with Gasteiger partial charge in [0.1, 0.15) is 5.75 Å². The molecule has 0 aliphatic rings. The molecule has 1 aromatic heterocycles. The highest BCUT2D eigenvalue weighted by Gasteiger charge is 2.21. The monoisotopic (exact) mass is 185 g/mol. The third-order valence-electron chi connectivity index (χ3n) is 1.71. The summed E-state index contributed by atoms with van der Waals surface area (Å²) < 4.78 is 17.7. The Hall–Kier alpha value is -1.16. The molecule has 72 valence electrons. The van der Waals surface area contributed by atoms with E-state index >= 15 is 0 Å². The second-order valence-electron chi connectivity index (χ2n) is 3.27. The van der Waals surface area contributed by atoms with E-state index in [0.717, 1.165) is 0 Å². The number of hydrogen-bond acceptors (Lipinski definition) is 3. The molecule has 0 atom stereocenters. The summed E-state index contributed by atoms with van der Waals surface area (Å²) in [5.41, 5.74) is -0.739. The van der Waals surface area contributed by atoms with Gasteiger partial charge in [0.2, 0.25) is 5.95 Å². The fraction of sp³-hybridized carbons (Fsp3) is 0.444. The van der Waals surface area contributed by atoms with E-state index in [0.29, 0.717) is 11.3 Å². The molecule has 0 bridgehead atoms. The smallest absolute Gasteiger partial charge is 0.213 e. The minimum Gasteiger partial charge on any atom is -0.495 e. The summed E-state index contributed by atoms with van der Waals surface area (Å²) >= 11 is 0. The van der Waals surface area contributed by atoms with Crippen molar-refractivity contribution in [3.05, 3.63) is 23.8 Å². The number of rotatable bonds is 2. The maximum Gasteiger partial charge on any atom is 0.213 e. The first-order chi connectivity index (χ1) is 5.95. The van der Waals surface area contributed by atoms with Crippen LogP contribution in [-0.4, -0.2) is 17.2 Å². The summed E-state index contributed by atoms with van der Waals surface area (Å²) in [5.74, 6) is -0.244. The van der Waals surface area contributed by atoms with Crippen LogP contribution in [0.5, 0.6) is 5.75 Å². The van der Waals surface area contributed by atoms with Crippen LogP contribution in [0.15, 0.2) is 12.3 Å². The Morgan fingerprint density at radius 1 is 1.54 bits per heavy atom. The fourth-order valence-electron chi connectivity index (χ4n) is 1.06. The number of hydrogen-bond donors (Lipinski definition) is 1. The maximum atomic E-state index is 12.7. The van der Waals surface area contributed by atoms with Gasteiger partial charge in [-0.25, -0.2) is 4.98 Å². The normalized spacial score (nSPS) is 11.5. The third-order valence-corrected chi connectivity index (χ3v) is 1.71. The second kappa shape index (κ2) is 3.30. The number of ether oxygens (including phenoxy) is 1. The molecule has 0 fully saturated rings. The number of halogens is 1. The van der Waals surface area contributed by atoms with E-state index in [1.165, 1.54) is 19.4 Å². The zero-order valence-corrected chi connectivity index (χ0v) is 7.84. The maximum absolute atomic E-state index is 12.7. The standard InChI is InChI=1S/C9H12FNO2/c1-9(2,12)6-4-8(10)11-5-7(6)13-3/h4-5,12H,1-3H3. The first-order valence-corrected chi connectivity index (χ1v) is 3.87. The molecule has 0 aliphatic heterocycles. The SMILES string of the molecule is COc1cnc(F)cc1C(C)(C)O. The lowest BCUT2D eigenvalue weighted by Gasteiger charge is -2.20. The van der Waals surface area contributed by atoms with Crippen LogP contribution in [0.2, 0.25) is 0 Å². The molecule has 1 aromatic rings. The molecule has 0 saturated carbocycles. The van der Waals surface area contributed by atoms with Gasteiger partial charge in [0.25, 0.3) is 0 Å². The Bertz CT molecular complexity index is 307. The lowest BCUT2D eigenvalue weighted by atomic mass is 9.99. The average Bonchev–Trinajstić information content (AvgIpc) is 2.03. The minimum absolute atomic E-state index is 0.383. The Labute approximate surface area is 76.2 Å². The first kappa shape index (κ1) is 9.92. The van der Waals surface area contributed by atoms with E-state index in [1.54, 1.807) is 13.8 Å². The van der Waals surface area contributed by atoms with Crippen molar-refractivity contribution in [3.8, 4) is 5.75 Å². The highest BCUT2D eigenvalue weighted by atomic mass is 19.1. The molecular formula is C9H12FNO2. The van der Waals surface area contributed by atoms with Crippen LogP contribution in [0.3, 0.4) is 0 Å². The van der Waals surface area contributed by atoms with Crippen LogP contribution in [0.4, 0.5) is 4.39 Å². The van der Waals surface area contributed by atoms with E-state index in [4.69, 9.17) is 4.74 Å². The van der Waals surface area contributed by atoms with Crippen LogP contribution in [-0.2, 0) is 5.60 Å². The number of nitrogens with zero attached hydrogens (tertiary/aromatic N) is 1. The molecule has 1 heterocycles. The van der Waals surface area contributed by atoms with E-state index < -0.39 is 11.5 Å². The van der Waals surface area contributed by atoms with Gasteiger partial charge in [0, 0.05) is 11.6 Å². The molecule has 1 rings (SSSR count). The molecule has 13 heavy (non-hydrogen) atoms. The fourth-order valence-corrected chi connectivity index (χ4v) is 1.06. The van der Waals surface area contributed by atoms with Gasteiger partial charge in [-0.3, -0.25) is 0 Å².